The Morgan fingerprint density at radius 2 is 1.67 bits per heavy atom. The smallest absolute Gasteiger partial charge is 0.0443 e. The SMILES string of the molecule is C=C(C)CCCC.C=C(NCCCC)c1ccc(N2CCC(c3ccccc3C)CC2)c(C2=CC=C(C)C2)c1.C=CN. The Hall–Kier alpha value is -3.46. The van der Waals surface area contributed by atoms with Crippen LogP contribution in [0.5, 0.6) is 0 Å². The Morgan fingerprint density at radius 3 is 2.21 bits per heavy atom. The second-order valence-electron chi connectivity index (χ2n) is 11.8. The predicted octanol–water partition coefficient (Wildman–Crippen LogP) is 10.3. The average Bonchev–Trinajstić information content (AvgIpc) is 3.43. The lowest BCUT2D eigenvalue weighted by molar-refractivity contribution is 0.503. The maximum atomic E-state index is 4.61. The Kier molecular flexibility index (Phi) is 15.6. The topological polar surface area (TPSA) is 41.3 Å². The zero-order valence-electron chi connectivity index (χ0n) is 27.3. The standard InChI is InChI=1S/C30H38N2.C7H14.C2H5N/c1-5-6-17-31-24(4)26-13-14-30(29(21-26)27-12-11-22(2)20-27)32-18-15-25(16-19-32)28-10-8-7-9-23(28)3;1-4-5-6-7(2)3;1-2-3/h7-14,21,25,31H,4-6,15-20H2,1-3H3;2,4-6H2,1,3H3;2H,1,3H2. The van der Waals surface area contributed by atoms with E-state index in [2.05, 4.69) is 125 Å². The number of aryl methyl sites for hydroxylation is 1. The first-order valence-electron chi connectivity index (χ1n) is 16.0. The maximum absolute atomic E-state index is 4.61. The molecule has 0 bridgehead atoms. The first-order chi connectivity index (χ1) is 20.2. The van der Waals surface area contributed by atoms with Crippen molar-refractivity contribution in [2.75, 3.05) is 24.5 Å². The minimum Gasteiger partial charge on any atom is -0.405 e. The van der Waals surface area contributed by atoms with Crippen LogP contribution in [-0.4, -0.2) is 19.6 Å². The van der Waals surface area contributed by atoms with Crippen molar-refractivity contribution in [2.45, 2.75) is 91.9 Å². The van der Waals surface area contributed by atoms with E-state index in [1.54, 1.807) is 0 Å². The molecule has 3 N–H and O–H groups in total. The molecule has 1 fully saturated rings. The van der Waals surface area contributed by atoms with E-state index in [4.69, 9.17) is 0 Å². The van der Waals surface area contributed by atoms with Gasteiger partial charge >= 0.3 is 0 Å². The van der Waals surface area contributed by atoms with Crippen molar-refractivity contribution in [3.63, 3.8) is 0 Å². The van der Waals surface area contributed by atoms with E-state index in [9.17, 15) is 0 Å². The Morgan fingerprint density at radius 1 is 1.00 bits per heavy atom. The highest BCUT2D eigenvalue weighted by atomic mass is 15.1. The molecular weight excluding hydrogens is 510 g/mol. The number of unbranched alkanes of at least 4 members (excludes halogenated alkanes) is 2. The molecule has 2 aliphatic rings. The second-order valence-corrected chi connectivity index (χ2v) is 11.8. The van der Waals surface area contributed by atoms with Crippen molar-refractivity contribution in [3.8, 4) is 0 Å². The highest BCUT2D eigenvalue weighted by Gasteiger charge is 2.24. The van der Waals surface area contributed by atoms with Gasteiger partial charge in [-0.15, -0.1) is 6.58 Å². The van der Waals surface area contributed by atoms with E-state index in [1.165, 1.54) is 95.8 Å². The molecule has 1 heterocycles. The van der Waals surface area contributed by atoms with Crippen LogP contribution in [0.15, 0.2) is 91.7 Å². The van der Waals surface area contributed by atoms with Gasteiger partial charge in [0.1, 0.15) is 0 Å². The summed E-state index contributed by atoms with van der Waals surface area (Å²) in [7, 11) is 0. The number of rotatable bonds is 11. The summed E-state index contributed by atoms with van der Waals surface area (Å²) in [4.78, 5) is 2.61. The number of nitrogens with one attached hydrogen (secondary N) is 1. The molecule has 0 unspecified atom stereocenters. The van der Waals surface area contributed by atoms with Gasteiger partial charge in [0.05, 0.1) is 0 Å². The van der Waals surface area contributed by atoms with Crippen LogP contribution in [0.2, 0.25) is 0 Å². The van der Waals surface area contributed by atoms with Gasteiger partial charge < -0.3 is 16.0 Å². The summed E-state index contributed by atoms with van der Waals surface area (Å²) in [6.45, 7) is 25.4. The molecule has 1 aliphatic carbocycles. The number of hydrogen-bond donors (Lipinski definition) is 2. The molecule has 0 amide bonds. The summed E-state index contributed by atoms with van der Waals surface area (Å²) in [5.41, 5.74) is 16.8. The van der Waals surface area contributed by atoms with Gasteiger partial charge in [-0.05, 0) is 106 Å². The number of piperidine rings is 1. The van der Waals surface area contributed by atoms with Crippen molar-refractivity contribution >= 4 is 17.0 Å². The largest absolute Gasteiger partial charge is 0.405 e. The molecular formula is C39H57N3. The van der Waals surface area contributed by atoms with E-state index >= 15 is 0 Å². The molecule has 0 saturated carbocycles. The van der Waals surface area contributed by atoms with Crippen molar-refractivity contribution < 1.29 is 0 Å². The molecule has 0 spiro atoms. The van der Waals surface area contributed by atoms with Crippen LogP contribution in [0, 0.1) is 6.92 Å². The van der Waals surface area contributed by atoms with Crippen molar-refractivity contribution in [1.29, 1.82) is 0 Å². The summed E-state index contributed by atoms with van der Waals surface area (Å²) >= 11 is 0. The van der Waals surface area contributed by atoms with Crippen LogP contribution in [0.3, 0.4) is 0 Å². The fourth-order valence-electron chi connectivity index (χ4n) is 5.58. The second kappa shape index (κ2) is 18.9. The lowest BCUT2D eigenvalue weighted by Gasteiger charge is -2.36. The van der Waals surface area contributed by atoms with Gasteiger partial charge in [0.15, 0.2) is 0 Å². The number of nitrogens with two attached hydrogens (primary N) is 1. The highest BCUT2D eigenvalue weighted by molar-refractivity contribution is 5.83. The van der Waals surface area contributed by atoms with Crippen LogP contribution < -0.4 is 16.0 Å². The van der Waals surface area contributed by atoms with E-state index in [-0.39, 0.29) is 0 Å². The third kappa shape index (κ3) is 11.1. The van der Waals surface area contributed by atoms with Gasteiger partial charge in [0.2, 0.25) is 0 Å². The molecule has 228 valence electrons. The summed E-state index contributed by atoms with van der Waals surface area (Å²) in [6.07, 6.45) is 15.5. The van der Waals surface area contributed by atoms with Crippen LogP contribution >= 0.6 is 0 Å². The minimum absolute atomic E-state index is 0.673. The van der Waals surface area contributed by atoms with Gasteiger partial charge in [0.25, 0.3) is 0 Å². The van der Waals surface area contributed by atoms with Crippen molar-refractivity contribution in [2.24, 2.45) is 5.73 Å². The van der Waals surface area contributed by atoms with Gasteiger partial charge in [0, 0.05) is 36.6 Å². The molecule has 42 heavy (non-hydrogen) atoms. The fourth-order valence-corrected chi connectivity index (χ4v) is 5.58. The van der Waals surface area contributed by atoms with E-state index in [0.29, 0.717) is 5.92 Å². The minimum atomic E-state index is 0.673. The third-order valence-electron chi connectivity index (χ3n) is 8.02. The maximum Gasteiger partial charge on any atom is 0.0443 e. The predicted molar refractivity (Wildman–Crippen MR) is 189 cm³/mol. The van der Waals surface area contributed by atoms with Crippen LogP contribution in [0.1, 0.15) is 107 Å². The van der Waals surface area contributed by atoms with Crippen molar-refractivity contribution in [3.05, 3.63) is 114 Å². The lowest BCUT2D eigenvalue weighted by atomic mass is 9.86. The normalized spacial score (nSPS) is 14.5. The summed E-state index contributed by atoms with van der Waals surface area (Å²) < 4.78 is 0. The summed E-state index contributed by atoms with van der Waals surface area (Å²) in [6, 6.07) is 15.9. The van der Waals surface area contributed by atoms with Crippen LogP contribution in [0.4, 0.5) is 5.69 Å². The van der Waals surface area contributed by atoms with Gasteiger partial charge in [-0.2, -0.15) is 0 Å². The Labute approximate surface area is 258 Å². The first-order valence-corrected chi connectivity index (χ1v) is 16.0. The molecule has 2 aromatic carbocycles. The number of anilines is 1. The number of hydrogen-bond acceptors (Lipinski definition) is 3. The van der Waals surface area contributed by atoms with Crippen molar-refractivity contribution in [1.82, 2.24) is 5.32 Å². The Bertz CT molecular complexity index is 1210. The first kappa shape index (κ1) is 34.7. The third-order valence-corrected chi connectivity index (χ3v) is 8.02. The molecule has 3 nitrogen and oxygen atoms in total. The van der Waals surface area contributed by atoms with E-state index in [0.717, 1.165) is 31.8 Å². The van der Waals surface area contributed by atoms with Gasteiger partial charge in [-0.3, -0.25) is 0 Å². The average molecular weight is 568 g/mol. The molecule has 3 heteroatoms. The van der Waals surface area contributed by atoms with Crippen LogP contribution in [0.25, 0.3) is 11.3 Å². The number of nitrogens with zero attached hydrogens (tertiary/aromatic N) is 1. The molecule has 0 aromatic heterocycles. The quantitative estimate of drug-likeness (QED) is 0.210. The highest BCUT2D eigenvalue weighted by Crippen LogP contribution is 2.39. The molecule has 0 atom stereocenters. The molecule has 2 aromatic rings. The van der Waals surface area contributed by atoms with Gasteiger partial charge in [-0.1, -0.05) is 93.5 Å². The number of allylic oxidation sites excluding steroid dienone is 5. The fraction of sp³-hybridized carbons (Fsp3) is 0.436. The Balaban J connectivity index is 0.000000534. The zero-order chi connectivity index (χ0) is 30.9. The molecule has 0 radical (unpaired) electrons. The van der Waals surface area contributed by atoms with E-state index < -0.39 is 0 Å². The summed E-state index contributed by atoms with van der Waals surface area (Å²) in [5.74, 6) is 0.673. The molecule has 1 saturated heterocycles. The van der Waals surface area contributed by atoms with E-state index in [1.807, 2.05) is 0 Å². The number of benzene rings is 2. The monoisotopic (exact) mass is 567 g/mol. The molecule has 4 rings (SSSR count). The van der Waals surface area contributed by atoms with Gasteiger partial charge in [-0.25, -0.2) is 0 Å². The lowest BCUT2D eigenvalue weighted by Crippen LogP contribution is -2.33. The molecule has 1 aliphatic heterocycles. The summed E-state index contributed by atoms with van der Waals surface area (Å²) in [5, 5.41) is 3.51. The zero-order valence-corrected chi connectivity index (χ0v) is 27.3. The van der Waals surface area contributed by atoms with Crippen LogP contribution in [-0.2, 0) is 0 Å².